The summed E-state index contributed by atoms with van der Waals surface area (Å²) in [4.78, 5) is 13.0. The van der Waals surface area contributed by atoms with E-state index in [0.717, 1.165) is 15.7 Å². The number of anilines is 1. The van der Waals surface area contributed by atoms with Gasteiger partial charge >= 0.3 is 6.03 Å². The van der Waals surface area contributed by atoms with E-state index in [2.05, 4.69) is 21.2 Å². The molecule has 0 unspecified atom stereocenters. The molecule has 6 heteroatoms. The van der Waals surface area contributed by atoms with Gasteiger partial charge in [0.25, 0.3) is 0 Å². The van der Waals surface area contributed by atoms with Gasteiger partial charge in [-0.3, -0.25) is 15.6 Å². The molecule has 5 nitrogen and oxygen atoms in total. The second-order valence-corrected chi connectivity index (χ2v) is 4.25. The molecule has 0 spiro atoms. The highest BCUT2D eigenvalue weighted by Crippen LogP contribution is 2.22. The SMILES string of the molecule is Cc1cc(Br)ccc1N(C)C(=O)NC(=N)N. The maximum Gasteiger partial charge on any atom is 0.328 e. The predicted molar refractivity (Wildman–Crippen MR) is 67.7 cm³/mol. The van der Waals surface area contributed by atoms with E-state index >= 15 is 0 Å². The first-order valence-corrected chi connectivity index (χ1v) is 5.36. The van der Waals surface area contributed by atoms with Gasteiger partial charge in [-0.15, -0.1) is 0 Å². The van der Waals surface area contributed by atoms with Crippen LogP contribution >= 0.6 is 15.9 Å². The van der Waals surface area contributed by atoms with Gasteiger partial charge in [-0.25, -0.2) is 4.79 Å². The Morgan fingerprint density at radius 1 is 1.56 bits per heavy atom. The zero-order valence-corrected chi connectivity index (χ0v) is 10.6. The largest absolute Gasteiger partial charge is 0.370 e. The van der Waals surface area contributed by atoms with E-state index in [0.29, 0.717) is 0 Å². The first-order chi connectivity index (χ1) is 7.41. The van der Waals surface area contributed by atoms with Gasteiger partial charge in [-0.1, -0.05) is 15.9 Å². The Bertz CT molecular complexity index is 433. The number of rotatable bonds is 1. The van der Waals surface area contributed by atoms with Crippen molar-refractivity contribution in [3.63, 3.8) is 0 Å². The fourth-order valence-corrected chi connectivity index (χ4v) is 1.78. The Kier molecular flexibility index (Phi) is 3.89. The maximum atomic E-state index is 11.6. The van der Waals surface area contributed by atoms with Crippen molar-refractivity contribution < 1.29 is 4.79 Å². The summed E-state index contributed by atoms with van der Waals surface area (Å²) in [5, 5.41) is 9.20. The van der Waals surface area contributed by atoms with Gasteiger partial charge in [0.05, 0.1) is 0 Å². The van der Waals surface area contributed by atoms with Crippen LogP contribution in [0.3, 0.4) is 0 Å². The number of aryl methyl sites for hydroxylation is 1. The number of nitrogens with two attached hydrogens (primary N) is 1. The molecule has 0 atom stereocenters. The lowest BCUT2D eigenvalue weighted by Crippen LogP contribution is -2.44. The molecule has 1 aromatic rings. The molecule has 0 saturated heterocycles. The summed E-state index contributed by atoms with van der Waals surface area (Å²) in [6.45, 7) is 1.90. The first kappa shape index (κ1) is 12.5. The van der Waals surface area contributed by atoms with E-state index in [9.17, 15) is 4.79 Å². The number of nitrogens with one attached hydrogen (secondary N) is 2. The van der Waals surface area contributed by atoms with Crippen molar-refractivity contribution in [1.82, 2.24) is 5.32 Å². The molecule has 0 bridgehead atoms. The van der Waals surface area contributed by atoms with Crippen molar-refractivity contribution >= 4 is 33.6 Å². The highest BCUT2D eigenvalue weighted by molar-refractivity contribution is 9.10. The van der Waals surface area contributed by atoms with Crippen LogP contribution in [0, 0.1) is 12.3 Å². The average Bonchev–Trinajstić information content (AvgIpc) is 2.15. The summed E-state index contributed by atoms with van der Waals surface area (Å²) in [5.41, 5.74) is 6.81. The van der Waals surface area contributed by atoms with Crippen LogP contribution in [0.5, 0.6) is 0 Å². The monoisotopic (exact) mass is 284 g/mol. The van der Waals surface area contributed by atoms with Crippen LogP contribution in [-0.2, 0) is 0 Å². The quantitative estimate of drug-likeness (QED) is 0.543. The molecule has 16 heavy (non-hydrogen) atoms. The van der Waals surface area contributed by atoms with Crippen LogP contribution < -0.4 is 16.0 Å². The van der Waals surface area contributed by atoms with Crippen LogP contribution in [0.4, 0.5) is 10.5 Å². The summed E-state index contributed by atoms with van der Waals surface area (Å²) in [6, 6.07) is 5.14. The zero-order chi connectivity index (χ0) is 12.3. The van der Waals surface area contributed by atoms with E-state index in [-0.39, 0.29) is 5.96 Å². The van der Waals surface area contributed by atoms with E-state index in [1.165, 1.54) is 4.90 Å². The molecule has 2 amide bonds. The highest BCUT2D eigenvalue weighted by atomic mass is 79.9. The summed E-state index contributed by atoms with van der Waals surface area (Å²) in [6.07, 6.45) is 0. The molecule has 86 valence electrons. The van der Waals surface area contributed by atoms with Crippen LogP contribution in [0.1, 0.15) is 5.56 Å². The Balaban J connectivity index is 2.91. The van der Waals surface area contributed by atoms with Crippen molar-refractivity contribution in [2.45, 2.75) is 6.92 Å². The molecule has 0 fully saturated rings. The third-order valence-electron chi connectivity index (χ3n) is 2.07. The van der Waals surface area contributed by atoms with Crippen molar-refractivity contribution in [1.29, 1.82) is 5.41 Å². The summed E-state index contributed by atoms with van der Waals surface area (Å²) < 4.78 is 0.953. The summed E-state index contributed by atoms with van der Waals surface area (Å²) >= 11 is 3.35. The molecular weight excluding hydrogens is 272 g/mol. The van der Waals surface area contributed by atoms with Crippen molar-refractivity contribution in [2.75, 3.05) is 11.9 Å². The van der Waals surface area contributed by atoms with Gasteiger partial charge in [0.15, 0.2) is 5.96 Å². The second kappa shape index (κ2) is 4.98. The smallest absolute Gasteiger partial charge is 0.328 e. The Hall–Kier alpha value is -1.56. The molecule has 1 rings (SSSR count). The molecule has 1 aromatic carbocycles. The number of guanidine groups is 1. The molecule has 0 radical (unpaired) electrons. The van der Waals surface area contributed by atoms with Crippen LogP contribution in [0.25, 0.3) is 0 Å². The molecule has 0 aliphatic heterocycles. The predicted octanol–water partition coefficient (Wildman–Crippen LogP) is 1.80. The molecular formula is C10H13BrN4O. The van der Waals surface area contributed by atoms with Crippen LogP contribution in [0.15, 0.2) is 22.7 Å². The minimum atomic E-state index is -0.432. The number of hydrogen-bond acceptors (Lipinski definition) is 2. The standard InChI is InChI=1S/C10H13BrN4O/c1-6-5-7(11)3-4-8(6)15(2)10(16)14-9(12)13/h3-5H,1-2H3,(H4,12,13,14,16). The molecule has 0 aliphatic carbocycles. The molecule has 0 heterocycles. The van der Waals surface area contributed by atoms with Crippen LogP contribution in [0.2, 0.25) is 0 Å². The lowest BCUT2D eigenvalue weighted by atomic mass is 10.2. The van der Waals surface area contributed by atoms with Crippen LogP contribution in [-0.4, -0.2) is 19.0 Å². The number of carbonyl (C=O) groups excluding carboxylic acids is 1. The number of benzene rings is 1. The lowest BCUT2D eigenvalue weighted by molar-refractivity contribution is 0.251. The zero-order valence-electron chi connectivity index (χ0n) is 9.04. The minimum absolute atomic E-state index is 0.369. The third-order valence-corrected chi connectivity index (χ3v) is 2.56. The van der Waals surface area contributed by atoms with Crippen molar-refractivity contribution in [2.24, 2.45) is 5.73 Å². The Morgan fingerprint density at radius 3 is 2.69 bits per heavy atom. The topological polar surface area (TPSA) is 82.2 Å². The maximum absolute atomic E-state index is 11.6. The third kappa shape index (κ3) is 2.96. The number of urea groups is 1. The Labute approximate surface area is 102 Å². The number of carbonyl (C=O) groups is 1. The fraction of sp³-hybridized carbons (Fsp3) is 0.200. The van der Waals surface area contributed by atoms with Gasteiger partial charge in [-0.05, 0) is 30.7 Å². The fourth-order valence-electron chi connectivity index (χ4n) is 1.30. The normalized spacial score (nSPS) is 9.69. The molecule has 0 aromatic heterocycles. The number of hydrogen-bond donors (Lipinski definition) is 3. The molecule has 0 aliphatic rings. The van der Waals surface area contributed by atoms with E-state index in [1.54, 1.807) is 7.05 Å². The Morgan fingerprint density at radius 2 is 2.19 bits per heavy atom. The van der Waals surface area contributed by atoms with Crippen molar-refractivity contribution in [3.05, 3.63) is 28.2 Å². The minimum Gasteiger partial charge on any atom is -0.370 e. The lowest BCUT2D eigenvalue weighted by Gasteiger charge is -2.19. The van der Waals surface area contributed by atoms with Crippen molar-refractivity contribution in [3.8, 4) is 0 Å². The molecule has 0 saturated carbocycles. The number of amides is 2. The van der Waals surface area contributed by atoms with E-state index in [4.69, 9.17) is 11.1 Å². The summed E-state index contributed by atoms with van der Waals surface area (Å²) in [5.74, 6) is -0.369. The second-order valence-electron chi connectivity index (χ2n) is 3.33. The van der Waals surface area contributed by atoms with E-state index in [1.807, 2.05) is 25.1 Å². The number of halogens is 1. The number of nitrogens with zero attached hydrogens (tertiary/aromatic N) is 1. The van der Waals surface area contributed by atoms with Gasteiger partial charge in [-0.2, -0.15) is 0 Å². The average molecular weight is 285 g/mol. The highest BCUT2D eigenvalue weighted by Gasteiger charge is 2.13. The summed E-state index contributed by atoms with van der Waals surface area (Å²) in [7, 11) is 1.62. The first-order valence-electron chi connectivity index (χ1n) is 4.56. The molecule has 4 N–H and O–H groups in total. The van der Waals surface area contributed by atoms with Gasteiger partial charge in [0.2, 0.25) is 0 Å². The van der Waals surface area contributed by atoms with Gasteiger partial charge < -0.3 is 5.73 Å². The van der Waals surface area contributed by atoms with Gasteiger partial charge in [0, 0.05) is 17.2 Å². The van der Waals surface area contributed by atoms with Gasteiger partial charge in [0.1, 0.15) is 0 Å². The van der Waals surface area contributed by atoms with E-state index < -0.39 is 6.03 Å².